The fourth-order valence-electron chi connectivity index (χ4n) is 2.27. The molecule has 0 radical (unpaired) electrons. The summed E-state index contributed by atoms with van der Waals surface area (Å²) < 4.78 is 10.8. The van der Waals surface area contributed by atoms with E-state index >= 15 is 0 Å². The van der Waals surface area contributed by atoms with Crippen molar-refractivity contribution in [2.45, 2.75) is 20.5 Å². The van der Waals surface area contributed by atoms with Crippen LogP contribution in [0.4, 0.5) is 0 Å². The lowest BCUT2D eigenvalue weighted by molar-refractivity contribution is -0.130. The fourth-order valence-corrected chi connectivity index (χ4v) is 2.27. The maximum absolute atomic E-state index is 11.4. The topological polar surface area (TPSA) is 55.8 Å². The van der Waals surface area contributed by atoms with Crippen molar-refractivity contribution in [3.05, 3.63) is 71.0 Å². The van der Waals surface area contributed by atoms with Crippen molar-refractivity contribution in [2.24, 2.45) is 0 Å². The van der Waals surface area contributed by atoms with Crippen molar-refractivity contribution in [3.8, 4) is 5.75 Å². The molecule has 0 saturated carbocycles. The normalized spacial score (nSPS) is 11.2. The molecule has 0 saturated heterocycles. The quantitative estimate of drug-likeness (QED) is 0.648. The summed E-state index contributed by atoms with van der Waals surface area (Å²) in [5.74, 6) is -0.238. The van der Waals surface area contributed by atoms with Gasteiger partial charge in [-0.2, -0.15) is 0 Å². The molecule has 0 bridgehead atoms. The van der Waals surface area contributed by atoms with E-state index in [2.05, 4.69) is 0 Å². The number of ether oxygens (including phenoxy) is 2. The molecule has 0 aliphatic rings. The average Bonchev–Trinajstić information content (AvgIpc) is 2.53. The maximum atomic E-state index is 11.4. The highest BCUT2D eigenvalue weighted by Crippen LogP contribution is 2.24. The number of methoxy groups -OCH3 is 1. The summed E-state index contributed by atoms with van der Waals surface area (Å²) in [5.41, 5.74) is 3.64. The number of carboxylic acids is 1. The predicted octanol–water partition coefficient (Wildman–Crippen LogP) is 3.95. The van der Waals surface area contributed by atoms with Crippen molar-refractivity contribution in [1.82, 2.24) is 0 Å². The van der Waals surface area contributed by atoms with E-state index in [1.165, 1.54) is 13.4 Å². The zero-order valence-corrected chi connectivity index (χ0v) is 13.5. The van der Waals surface area contributed by atoms with Gasteiger partial charge in [-0.1, -0.05) is 36.4 Å². The Morgan fingerprint density at radius 2 is 1.91 bits per heavy atom. The van der Waals surface area contributed by atoms with Crippen molar-refractivity contribution in [3.63, 3.8) is 0 Å². The molecule has 0 fully saturated rings. The highest BCUT2D eigenvalue weighted by Gasteiger charge is 2.15. The number of aliphatic carboxylic acids is 1. The van der Waals surface area contributed by atoms with E-state index < -0.39 is 5.97 Å². The number of carboxylic acid groups (broad SMARTS) is 1. The molecule has 4 heteroatoms. The van der Waals surface area contributed by atoms with Crippen molar-refractivity contribution < 1.29 is 19.4 Å². The minimum Gasteiger partial charge on any atom is -0.503 e. The molecule has 2 aromatic rings. The summed E-state index contributed by atoms with van der Waals surface area (Å²) in [6.45, 7) is 4.27. The molecular formula is C19H20O4. The SMILES string of the molecule is CO/C=C(\C(=O)O)c1ccccc1COc1cc(C)ccc1C. The lowest BCUT2D eigenvalue weighted by atomic mass is 10.0. The molecule has 0 aliphatic heterocycles. The van der Waals surface area contributed by atoms with Crippen molar-refractivity contribution in [2.75, 3.05) is 7.11 Å². The molecule has 0 amide bonds. The fraction of sp³-hybridized carbons (Fsp3) is 0.211. The Labute approximate surface area is 136 Å². The first-order valence-corrected chi connectivity index (χ1v) is 7.27. The van der Waals surface area contributed by atoms with Crippen LogP contribution >= 0.6 is 0 Å². The van der Waals surface area contributed by atoms with Crippen LogP contribution in [0.15, 0.2) is 48.7 Å². The molecule has 1 N–H and O–H groups in total. The first-order valence-electron chi connectivity index (χ1n) is 7.27. The molecule has 2 rings (SSSR count). The third-order valence-electron chi connectivity index (χ3n) is 3.50. The standard InChI is InChI=1S/C19H20O4/c1-13-8-9-14(2)18(10-13)23-11-15-6-4-5-7-16(15)17(12-22-3)19(20)21/h4-10,12H,11H2,1-3H3,(H,20,21)/b17-12-. The molecule has 0 spiro atoms. The second-order valence-corrected chi connectivity index (χ2v) is 5.29. The number of carbonyl (C=O) groups is 1. The number of hydrogen-bond donors (Lipinski definition) is 1. The van der Waals surface area contributed by atoms with Gasteiger partial charge in [0.2, 0.25) is 0 Å². The molecule has 0 heterocycles. The predicted molar refractivity (Wildman–Crippen MR) is 89.3 cm³/mol. The van der Waals surface area contributed by atoms with E-state index in [1.54, 1.807) is 12.1 Å². The Morgan fingerprint density at radius 1 is 1.17 bits per heavy atom. The van der Waals surface area contributed by atoms with Crippen molar-refractivity contribution >= 4 is 11.5 Å². The van der Waals surface area contributed by atoms with Gasteiger partial charge in [0.25, 0.3) is 0 Å². The van der Waals surface area contributed by atoms with Crippen LogP contribution in [0.5, 0.6) is 5.75 Å². The van der Waals surface area contributed by atoms with E-state index in [0.717, 1.165) is 22.4 Å². The monoisotopic (exact) mass is 312 g/mol. The summed E-state index contributed by atoms with van der Waals surface area (Å²) in [4.78, 5) is 11.4. The Hall–Kier alpha value is -2.75. The van der Waals surface area contributed by atoms with E-state index in [4.69, 9.17) is 9.47 Å². The van der Waals surface area contributed by atoms with Gasteiger partial charge in [-0.05, 0) is 42.2 Å². The summed E-state index contributed by atoms with van der Waals surface area (Å²) in [6, 6.07) is 13.3. The van der Waals surface area contributed by atoms with Crippen LogP contribution < -0.4 is 4.74 Å². The van der Waals surface area contributed by atoms with Gasteiger partial charge in [0.05, 0.1) is 13.4 Å². The highest BCUT2D eigenvalue weighted by molar-refractivity contribution is 6.15. The van der Waals surface area contributed by atoms with Gasteiger partial charge in [-0.15, -0.1) is 0 Å². The smallest absolute Gasteiger partial charge is 0.339 e. The van der Waals surface area contributed by atoms with Gasteiger partial charge < -0.3 is 14.6 Å². The highest BCUT2D eigenvalue weighted by atomic mass is 16.5. The number of benzene rings is 2. The van der Waals surface area contributed by atoms with Crippen molar-refractivity contribution in [1.29, 1.82) is 0 Å². The molecule has 0 aromatic heterocycles. The first kappa shape index (κ1) is 16.6. The Morgan fingerprint density at radius 3 is 2.61 bits per heavy atom. The van der Waals surface area contributed by atoms with E-state index in [-0.39, 0.29) is 12.2 Å². The van der Waals surface area contributed by atoms with E-state index in [1.807, 2.05) is 44.2 Å². The van der Waals surface area contributed by atoms with Gasteiger partial charge >= 0.3 is 5.97 Å². The van der Waals surface area contributed by atoms with Gasteiger partial charge in [0, 0.05) is 0 Å². The lowest BCUT2D eigenvalue weighted by Gasteiger charge is -2.13. The second-order valence-electron chi connectivity index (χ2n) is 5.29. The van der Waals surface area contributed by atoms with Gasteiger partial charge in [0.1, 0.15) is 17.9 Å². The third kappa shape index (κ3) is 4.13. The van der Waals surface area contributed by atoms with Crippen LogP contribution in [0.1, 0.15) is 22.3 Å². The minimum atomic E-state index is -1.04. The molecule has 0 unspecified atom stereocenters. The van der Waals surface area contributed by atoms with Gasteiger partial charge in [0.15, 0.2) is 0 Å². The molecule has 120 valence electrons. The third-order valence-corrected chi connectivity index (χ3v) is 3.50. The summed E-state index contributed by atoms with van der Waals surface area (Å²) >= 11 is 0. The summed E-state index contributed by atoms with van der Waals surface area (Å²) in [7, 11) is 1.43. The van der Waals surface area contributed by atoms with E-state index in [0.29, 0.717) is 5.56 Å². The Balaban J connectivity index is 2.29. The number of aryl methyl sites for hydroxylation is 2. The van der Waals surface area contributed by atoms with Crippen LogP contribution in [-0.2, 0) is 16.1 Å². The van der Waals surface area contributed by atoms with Crippen LogP contribution in [0.3, 0.4) is 0 Å². The molecule has 2 aromatic carbocycles. The second kappa shape index (κ2) is 7.49. The Bertz CT molecular complexity index is 732. The molecule has 4 nitrogen and oxygen atoms in total. The molecule has 0 atom stereocenters. The summed E-state index contributed by atoms with van der Waals surface area (Å²) in [5, 5.41) is 9.36. The largest absolute Gasteiger partial charge is 0.503 e. The zero-order chi connectivity index (χ0) is 16.8. The molecular weight excluding hydrogens is 292 g/mol. The van der Waals surface area contributed by atoms with Gasteiger partial charge in [-0.3, -0.25) is 0 Å². The van der Waals surface area contributed by atoms with Crippen LogP contribution in [0.2, 0.25) is 0 Å². The minimum absolute atomic E-state index is 0.104. The Kier molecular flexibility index (Phi) is 5.41. The average molecular weight is 312 g/mol. The zero-order valence-electron chi connectivity index (χ0n) is 13.5. The lowest BCUT2D eigenvalue weighted by Crippen LogP contribution is -2.06. The number of hydrogen-bond acceptors (Lipinski definition) is 3. The van der Waals surface area contributed by atoms with Crippen LogP contribution in [0, 0.1) is 13.8 Å². The molecule has 0 aliphatic carbocycles. The van der Waals surface area contributed by atoms with Gasteiger partial charge in [-0.25, -0.2) is 4.79 Å². The molecule has 23 heavy (non-hydrogen) atoms. The van der Waals surface area contributed by atoms with E-state index in [9.17, 15) is 9.90 Å². The first-order chi connectivity index (χ1) is 11.0. The van der Waals surface area contributed by atoms with Crippen LogP contribution in [0.25, 0.3) is 5.57 Å². The number of rotatable bonds is 6. The maximum Gasteiger partial charge on any atom is 0.339 e. The van der Waals surface area contributed by atoms with Crippen LogP contribution in [-0.4, -0.2) is 18.2 Å². The summed E-state index contributed by atoms with van der Waals surface area (Å²) in [6.07, 6.45) is 1.24.